The minimum atomic E-state index is -0.653. The number of hydrogen-bond donors (Lipinski definition) is 2. The van der Waals surface area contributed by atoms with Crippen molar-refractivity contribution in [1.82, 2.24) is 19.7 Å². The summed E-state index contributed by atoms with van der Waals surface area (Å²) in [4.78, 5) is 29.4. The van der Waals surface area contributed by atoms with Crippen LogP contribution in [0, 0.1) is 17.0 Å². The fourth-order valence-corrected chi connectivity index (χ4v) is 3.91. The zero-order valence-electron chi connectivity index (χ0n) is 16.3. The second-order valence-electron chi connectivity index (χ2n) is 7.11. The maximum absolute atomic E-state index is 12.0. The van der Waals surface area contributed by atoms with E-state index in [1.807, 2.05) is 37.3 Å². The molecule has 1 aliphatic rings. The number of non-ortho nitro benzene ring substituents is 1. The Labute approximate surface area is 175 Å². The number of aromatic nitrogens is 4. The Morgan fingerprint density at radius 3 is 2.68 bits per heavy atom. The van der Waals surface area contributed by atoms with Gasteiger partial charge in [0.25, 0.3) is 5.69 Å². The predicted molar refractivity (Wildman–Crippen MR) is 112 cm³/mol. The molecule has 154 valence electrons. The summed E-state index contributed by atoms with van der Waals surface area (Å²) in [5, 5.41) is 16.0. The Morgan fingerprint density at radius 2 is 1.94 bits per heavy atom. The lowest BCUT2D eigenvalue weighted by atomic mass is 9.84. The van der Waals surface area contributed by atoms with Crippen molar-refractivity contribution in [3.63, 3.8) is 0 Å². The van der Waals surface area contributed by atoms with Crippen LogP contribution in [0.15, 0.2) is 59.4 Å². The molecule has 0 amide bonds. The zero-order chi connectivity index (χ0) is 21.7. The van der Waals surface area contributed by atoms with Gasteiger partial charge in [-0.25, -0.2) is 9.48 Å². The van der Waals surface area contributed by atoms with E-state index < -0.39 is 16.5 Å². The first-order chi connectivity index (χ1) is 14.9. The van der Waals surface area contributed by atoms with Gasteiger partial charge in [-0.15, -0.1) is 0 Å². The average Bonchev–Trinajstić information content (AvgIpc) is 3.09. The van der Waals surface area contributed by atoms with E-state index >= 15 is 0 Å². The third-order valence-electron chi connectivity index (χ3n) is 5.21. The van der Waals surface area contributed by atoms with E-state index in [1.54, 1.807) is 16.8 Å². The van der Waals surface area contributed by atoms with Gasteiger partial charge in [0.15, 0.2) is 0 Å². The summed E-state index contributed by atoms with van der Waals surface area (Å²) in [5.74, 6) is -0.0583. The molecule has 0 saturated heterocycles. The summed E-state index contributed by atoms with van der Waals surface area (Å²) in [5.41, 5.74) is 8.59. The number of ether oxygens (including phenoxy) is 1. The van der Waals surface area contributed by atoms with Crippen LogP contribution in [0.3, 0.4) is 0 Å². The fraction of sp³-hybridized carbons (Fsp3) is 0.0952. The van der Waals surface area contributed by atoms with Crippen LogP contribution < -0.4 is 16.2 Å². The minimum absolute atomic E-state index is 0.0438. The molecule has 2 aromatic heterocycles. The Kier molecular flexibility index (Phi) is 4.07. The quantitative estimate of drug-likeness (QED) is 0.340. The van der Waals surface area contributed by atoms with Gasteiger partial charge in [0.2, 0.25) is 11.8 Å². The van der Waals surface area contributed by atoms with E-state index in [2.05, 4.69) is 15.1 Å². The number of nitro groups is 1. The number of aromatic amines is 1. The maximum atomic E-state index is 12.0. The molecular formula is C21H16N6O4. The standard InChI is InChI=1S/C21H16N6O4/c1-11-15-16(12-6-5-9-14(10-12)27(29)30)17-18(22)23-21(28)24-19(17)31-20(15)26(25-11)13-7-3-2-4-8-13/h2-10,16H,1H3,(H3,22,23,24,28). The van der Waals surface area contributed by atoms with Crippen molar-refractivity contribution >= 4 is 11.5 Å². The number of H-pyrrole nitrogens is 1. The fourth-order valence-electron chi connectivity index (χ4n) is 3.91. The lowest BCUT2D eigenvalue weighted by Crippen LogP contribution is -2.22. The van der Waals surface area contributed by atoms with Gasteiger partial charge >= 0.3 is 5.69 Å². The summed E-state index contributed by atoms with van der Waals surface area (Å²) in [6.07, 6.45) is 0. The van der Waals surface area contributed by atoms with E-state index in [0.717, 1.165) is 5.69 Å². The lowest BCUT2D eigenvalue weighted by molar-refractivity contribution is -0.384. The molecule has 0 spiro atoms. The molecule has 10 nitrogen and oxygen atoms in total. The maximum Gasteiger partial charge on any atom is 0.349 e. The highest BCUT2D eigenvalue weighted by molar-refractivity contribution is 5.64. The second-order valence-corrected chi connectivity index (χ2v) is 7.11. The molecule has 10 heteroatoms. The topological polar surface area (TPSA) is 142 Å². The number of nitrogens with one attached hydrogen (secondary N) is 1. The molecule has 0 aliphatic carbocycles. The van der Waals surface area contributed by atoms with Gasteiger partial charge in [-0.2, -0.15) is 10.1 Å². The van der Waals surface area contributed by atoms with Crippen LogP contribution >= 0.6 is 0 Å². The van der Waals surface area contributed by atoms with E-state index in [1.165, 1.54) is 12.1 Å². The minimum Gasteiger partial charge on any atom is -0.420 e. The van der Waals surface area contributed by atoms with Crippen molar-refractivity contribution in [2.45, 2.75) is 12.8 Å². The number of aryl methyl sites for hydroxylation is 1. The number of nitrogens with zero attached hydrogens (tertiary/aromatic N) is 4. The highest BCUT2D eigenvalue weighted by Crippen LogP contribution is 2.49. The highest BCUT2D eigenvalue weighted by atomic mass is 16.6. The molecule has 0 radical (unpaired) electrons. The first-order valence-electron chi connectivity index (χ1n) is 9.41. The molecule has 2 aromatic carbocycles. The molecular weight excluding hydrogens is 400 g/mol. The van der Waals surface area contributed by atoms with Gasteiger partial charge in [0.05, 0.1) is 33.3 Å². The number of nitro benzene ring substituents is 1. The number of nitrogens with two attached hydrogens (primary N) is 1. The first-order valence-corrected chi connectivity index (χ1v) is 9.41. The molecule has 0 bridgehead atoms. The molecule has 1 aliphatic heterocycles. The average molecular weight is 416 g/mol. The number of nitrogen functional groups attached to an aromatic ring is 1. The van der Waals surface area contributed by atoms with Crippen molar-refractivity contribution < 1.29 is 9.66 Å². The molecule has 0 fully saturated rings. The monoisotopic (exact) mass is 416 g/mol. The predicted octanol–water partition coefficient (Wildman–Crippen LogP) is 3.04. The summed E-state index contributed by atoms with van der Waals surface area (Å²) in [7, 11) is 0. The zero-order valence-corrected chi connectivity index (χ0v) is 16.3. The smallest absolute Gasteiger partial charge is 0.349 e. The van der Waals surface area contributed by atoms with Gasteiger partial charge in [0, 0.05) is 12.1 Å². The van der Waals surface area contributed by atoms with E-state index in [0.29, 0.717) is 28.3 Å². The van der Waals surface area contributed by atoms with Crippen molar-refractivity contribution in [2.24, 2.45) is 0 Å². The SMILES string of the molecule is Cc1nn(-c2ccccc2)c2c1C(c1cccc([N+](=O)[O-])c1)c1c(nc(=O)[nH]c1N)O2. The van der Waals surface area contributed by atoms with Gasteiger partial charge < -0.3 is 10.5 Å². The summed E-state index contributed by atoms with van der Waals surface area (Å²) < 4.78 is 7.65. The Balaban J connectivity index is 1.81. The number of anilines is 1. The molecule has 31 heavy (non-hydrogen) atoms. The highest BCUT2D eigenvalue weighted by Gasteiger charge is 2.38. The molecule has 4 aromatic rings. The third kappa shape index (κ3) is 2.92. The number of rotatable bonds is 3. The van der Waals surface area contributed by atoms with Crippen LogP contribution in [0.2, 0.25) is 0 Å². The van der Waals surface area contributed by atoms with E-state index in [-0.39, 0.29) is 17.4 Å². The van der Waals surface area contributed by atoms with E-state index in [4.69, 9.17) is 10.5 Å². The van der Waals surface area contributed by atoms with Crippen molar-refractivity contribution in [1.29, 1.82) is 0 Å². The summed E-state index contributed by atoms with van der Waals surface area (Å²) in [6, 6.07) is 15.6. The van der Waals surface area contributed by atoms with Crippen LogP contribution in [0.1, 0.15) is 28.3 Å². The van der Waals surface area contributed by atoms with Crippen LogP contribution in [-0.2, 0) is 0 Å². The molecule has 3 heterocycles. The molecule has 1 atom stereocenters. The number of hydrogen-bond acceptors (Lipinski definition) is 7. The molecule has 0 saturated carbocycles. The number of para-hydroxylation sites is 1. The van der Waals surface area contributed by atoms with Crippen LogP contribution in [0.5, 0.6) is 11.8 Å². The second kappa shape index (κ2) is 6.80. The lowest BCUT2D eigenvalue weighted by Gasteiger charge is -2.26. The summed E-state index contributed by atoms with van der Waals surface area (Å²) in [6.45, 7) is 1.83. The Bertz CT molecular complexity index is 1390. The van der Waals surface area contributed by atoms with Crippen molar-refractivity contribution in [2.75, 3.05) is 5.73 Å². The summed E-state index contributed by atoms with van der Waals surface area (Å²) >= 11 is 0. The normalized spacial score (nSPS) is 14.4. The van der Waals surface area contributed by atoms with Gasteiger partial charge in [-0.3, -0.25) is 15.1 Å². The largest absolute Gasteiger partial charge is 0.420 e. The molecule has 5 rings (SSSR count). The van der Waals surface area contributed by atoms with Gasteiger partial charge in [-0.05, 0) is 24.6 Å². The van der Waals surface area contributed by atoms with Gasteiger partial charge in [-0.1, -0.05) is 30.3 Å². The Morgan fingerprint density at radius 1 is 1.16 bits per heavy atom. The van der Waals surface area contributed by atoms with Crippen molar-refractivity contribution in [3.05, 3.63) is 97.6 Å². The van der Waals surface area contributed by atoms with Crippen LogP contribution in [0.25, 0.3) is 5.69 Å². The van der Waals surface area contributed by atoms with Gasteiger partial charge in [0.1, 0.15) is 5.82 Å². The number of benzene rings is 2. The Hall–Kier alpha value is -4.47. The van der Waals surface area contributed by atoms with Crippen LogP contribution in [0.4, 0.5) is 11.5 Å². The number of fused-ring (bicyclic) bond motifs is 2. The van der Waals surface area contributed by atoms with Crippen LogP contribution in [-0.4, -0.2) is 24.7 Å². The van der Waals surface area contributed by atoms with E-state index in [9.17, 15) is 14.9 Å². The molecule has 3 N–H and O–H groups in total. The first kappa shape index (κ1) is 18.6. The third-order valence-corrected chi connectivity index (χ3v) is 5.21. The molecule has 1 unspecified atom stereocenters. The van der Waals surface area contributed by atoms with Crippen molar-refractivity contribution in [3.8, 4) is 17.4 Å².